The van der Waals surface area contributed by atoms with Crippen molar-refractivity contribution in [2.75, 3.05) is 20.6 Å². The van der Waals surface area contributed by atoms with Crippen LogP contribution in [0, 0.1) is 0 Å². The first-order chi connectivity index (χ1) is 10.1. The molecule has 3 nitrogen and oxygen atoms in total. The number of hydrogen-bond donors (Lipinski definition) is 0. The Balaban J connectivity index is 2.15. The summed E-state index contributed by atoms with van der Waals surface area (Å²) in [6, 6.07) is 16.2. The lowest BCUT2D eigenvalue weighted by molar-refractivity contribution is 0.387. The highest BCUT2D eigenvalue weighted by Crippen LogP contribution is 2.26. The van der Waals surface area contributed by atoms with Gasteiger partial charge in [-0.2, -0.15) is 0 Å². The Kier molecular flexibility index (Phi) is 3.95. The minimum Gasteiger partial charge on any atom is -0.323 e. The predicted molar refractivity (Wildman–Crippen MR) is 88.7 cm³/mol. The third kappa shape index (κ3) is 2.94. The Hall–Kier alpha value is -1.84. The second-order valence-corrected chi connectivity index (χ2v) is 5.83. The number of benzene rings is 2. The maximum absolute atomic E-state index is 6.10. The normalized spacial score (nSPS) is 11.4. The van der Waals surface area contributed by atoms with Crippen LogP contribution in [-0.2, 0) is 6.54 Å². The average molecular weight is 300 g/mol. The van der Waals surface area contributed by atoms with Crippen LogP contribution in [0.1, 0.15) is 0 Å². The van der Waals surface area contributed by atoms with Crippen LogP contribution in [0.5, 0.6) is 0 Å². The van der Waals surface area contributed by atoms with E-state index >= 15 is 0 Å². The summed E-state index contributed by atoms with van der Waals surface area (Å²) in [5, 5.41) is 0.722. The molecule has 3 rings (SSSR count). The Bertz CT molecular complexity index is 747. The molecule has 1 aromatic heterocycles. The third-order valence-corrected chi connectivity index (χ3v) is 3.75. The third-order valence-electron chi connectivity index (χ3n) is 3.51. The number of halogens is 1. The van der Waals surface area contributed by atoms with E-state index < -0.39 is 0 Å². The van der Waals surface area contributed by atoms with Crippen LogP contribution < -0.4 is 0 Å². The fourth-order valence-electron chi connectivity index (χ4n) is 2.44. The fourth-order valence-corrected chi connectivity index (χ4v) is 2.60. The minimum absolute atomic E-state index is 0.722. The summed E-state index contributed by atoms with van der Waals surface area (Å²) in [6.07, 6.45) is 0. The zero-order valence-electron chi connectivity index (χ0n) is 12.3. The molecule has 0 unspecified atom stereocenters. The van der Waals surface area contributed by atoms with Crippen LogP contribution in [0.15, 0.2) is 48.5 Å². The molecule has 2 aromatic carbocycles. The van der Waals surface area contributed by atoms with E-state index in [4.69, 9.17) is 16.6 Å². The van der Waals surface area contributed by atoms with Crippen molar-refractivity contribution < 1.29 is 0 Å². The number of rotatable bonds is 4. The number of nitrogens with zero attached hydrogens (tertiary/aromatic N) is 3. The van der Waals surface area contributed by atoms with Gasteiger partial charge in [0.2, 0.25) is 0 Å². The van der Waals surface area contributed by atoms with Gasteiger partial charge in [0.05, 0.1) is 11.0 Å². The Morgan fingerprint density at radius 1 is 1.10 bits per heavy atom. The van der Waals surface area contributed by atoms with Crippen molar-refractivity contribution in [1.82, 2.24) is 14.5 Å². The van der Waals surface area contributed by atoms with Gasteiger partial charge in [0.1, 0.15) is 5.82 Å². The van der Waals surface area contributed by atoms with Gasteiger partial charge in [0, 0.05) is 23.7 Å². The van der Waals surface area contributed by atoms with Crippen molar-refractivity contribution >= 4 is 22.6 Å². The number of likely N-dealkylation sites (N-methyl/N-ethyl adjacent to an activating group) is 1. The number of imidazole rings is 1. The molecule has 3 aromatic rings. The number of fused-ring (bicyclic) bond motifs is 1. The quantitative estimate of drug-likeness (QED) is 0.728. The molecule has 0 aliphatic rings. The van der Waals surface area contributed by atoms with Crippen LogP contribution in [0.25, 0.3) is 22.4 Å². The second-order valence-electron chi connectivity index (χ2n) is 5.39. The molecular formula is C17H18ClN3. The Labute approximate surface area is 129 Å². The molecule has 0 aliphatic heterocycles. The predicted octanol–water partition coefficient (Wildman–Crippen LogP) is 3.92. The molecule has 0 bridgehead atoms. The van der Waals surface area contributed by atoms with Crippen LogP contribution in [0.2, 0.25) is 5.02 Å². The van der Waals surface area contributed by atoms with Gasteiger partial charge in [-0.15, -0.1) is 0 Å². The summed E-state index contributed by atoms with van der Waals surface area (Å²) in [7, 11) is 4.16. The van der Waals surface area contributed by atoms with E-state index in [1.54, 1.807) is 0 Å². The molecule has 4 heteroatoms. The molecule has 0 fully saturated rings. The summed E-state index contributed by atoms with van der Waals surface area (Å²) < 4.78 is 2.26. The molecule has 0 saturated carbocycles. The summed E-state index contributed by atoms with van der Waals surface area (Å²) in [4.78, 5) is 6.96. The maximum atomic E-state index is 6.10. The topological polar surface area (TPSA) is 21.1 Å². The first kappa shape index (κ1) is 14.1. The smallest absolute Gasteiger partial charge is 0.141 e. The molecule has 0 N–H and O–H groups in total. The first-order valence-corrected chi connectivity index (χ1v) is 7.39. The van der Waals surface area contributed by atoms with Gasteiger partial charge in [0.15, 0.2) is 0 Å². The van der Waals surface area contributed by atoms with Gasteiger partial charge in [-0.1, -0.05) is 41.9 Å². The second kappa shape index (κ2) is 5.88. The highest BCUT2D eigenvalue weighted by molar-refractivity contribution is 6.31. The SMILES string of the molecule is CN(C)CCn1c(-c2ccccc2)nc2cc(Cl)ccc21. The van der Waals surface area contributed by atoms with E-state index in [1.165, 1.54) is 0 Å². The van der Waals surface area contributed by atoms with E-state index in [2.05, 4.69) is 35.7 Å². The number of hydrogen-bond acceptors (Lipinski definition) is 2. The minimum atomic E-state index is 0.722. The first-order valence-electron chi connectivity index (χ1n) is 7.01. The van der Waals surface area contributed by atoms with Crippen molar-refractivity contribution in [3.05, 3.63) is 53.6 Å². The summed E-state index contributed by atoms with van der Waals surface area (Å²) in [5.41, 5.74) is 3.20. The van der Waals surface area contributed by atoms with Crippen molar-refractivity contribution in [3.63, 3.8) is 0 Å². The largest absolute Gasteiger partial charge is 0.323 e. The summed E-state index contributed by atoms with van der Waals surface area (Å²) in [5.74, 6) is 0.995. The molecular weight excluding hydrogens is 282 g/mol. The molecule has 108 valence electrons. The van der Waals surface area contributed by atoms with Crippen LogP contribution >= 0.6 is 11.6 Å². The van der Waals surface area contributed by atoms with Crippen LogP contribution in [-0.4, -0.2) is 35.1 Å². The molecule has 0 atom stereocenters. The average Bonchev–Trinajstić information content (AvgIpc) is 2.83. The van der Waals surface area contributed by atoms with Crippen molar-refractivity contribution in [2.45, 2.75) is 6.54 Å². The summed E-state index contributed by atoms with van der Waals surface area (Å²) >= 11 is 6.10. The van der Waals surface area contributed by atoms with Crippen molar-refractivity contribution in [2.24, 2.45) is 0 Å². The lowest BCUT2D eigenvalue weighted by Crippen LogP contribution is -2.18. The van der Waals surface area contributed by atoms with Gasteiger partial charge in [-0.3, -0.25) is 0 Å². The zero-order chi connectivity index (χ0) is 14.8. The van der Waals surface area contributed by atoms with Gasteiger partial charge >= 0.3 is 0 Å². The number of aromatic nitrogens is 2. The van der Waals surface area contributed by atoms with Crippen molar-refractivity contribution in [1.29, 1.82) is 0 Å². The van der Waals surface area contributed by atoms with E-state index in [-0.39, 0.29) is 0 Å². The molecule has 1 heterocycles. The molecule has 0 aliphatic carbocycles. The van der Waals surface area contributed by atoms with Crippen LogP contribution in [0.4, 0.5) is 0 Å². The van der Waals surface area contributed by atoms with E-state index in [9.17, 15) is 0 Å². The zero-order valence-corrected chi connectivity index (χ0v) is 13.0. The Morgan fingerprint density at radius 2 is 1.86 bits per heavy atom. The van der Waals surface area contributed by atoms with Gasteiger partial charge in [0.25, 0.3) is 0 Å². The van der Waals surface area contributed by atoms with E-state index in [0.29, 0.717) is 0 Å². The maximum Gasteiger partial charge on any atom is 0.141 e. The summed E-state index contributed by atoms with van der Waals surface area (Å²) in [6.45, 7) is 1.86. The molecule has 0 saturated heterocycles. The molecule has 0 amide bonds. The van der Waals surface area contributed by atoms with Gasteiger partial charge in [-0.05, 0) is 32.3 Å². The molecule has 0 radical (unpaired) electrons. The van der Waals surface area contributed by atoms with Gasteiger partial charge < -0.3 is 9.47 Å². The van der Waals surface area contributed by atoms with E-state index in [0.717, 1.165) is 40.5 Å². The highest BCUT2D eigenvalue weighted by Gasteiger charge is 2.12. The fraction of sp³-hybridized carbons (Fsp3) is 0.235. The monoisotopic (exact) mass is 299 g/mol. The van der Waals surface area contributed by atoms with Gasteiger partial charge in [-0.25, -0.2) is 4.98 Å². The highest BCUT2D eigenvalue weighted by atomic mass is 35.5. The lowest BCUT2D eigenvalue weighted by atomic mass is 10.2. The van der Waals surface area contributed by atoms with Crippen LogP contribution in [0.3, 0.4) is 0 Å². The molecule has 0 spiro atoms. The van der Waals surface area contributed by atoms with E-state index in [1.807, 2.05) is 36.4 Å². The lowest BCUT2D eigenvalue weighted by Gasteiger charge is -2.13. The Morgan fingerprint density at radius 3 is 2.57 bits per heavy atom. The standard InChI is InChI=1S/C17H18ClN3/c1-20(2)10-11-21-16-9-8-14(18)12-15(16)19-17(21)13-6-4-3-5-7-13/h3-9,12H,10-11H2,1-2H3. The van der Waals surface area contributed by atoms with Crippen molar-refractivity contribution in [3.8, 4) is 11.4 Å². The molecule has 21 heavy (non-hydrogen) atoms.